The summed E-state index contributed by atoms with van der Waals surface area (Å²) in [7, 11) is 0. The molecular weight excluding hydrogens is 268 g/mol. The molecule has 0 saturated carbocycles. The van der Waals surface area contributed by atoms with E-state index in [1.165, 1.54) is 6.07 Å². The van der Waals surface area contributed by atoms with Crippen molar-refractivity contribution in [2.45, 2.75) is 20.3 Å². The lowest BCUT2D eigenvalue weighted by Crippen LogP contribution is -2.15. The van der Waals surface area contributed by atoms with Crippen LogP contribution in [0.5, 0.6) is 0 Å². The summed E-state index contributed by atoms with van der Waals surface area (Å²) in [6.07, 6.45) is 3.47. The van der Waals surface area contributed by atoms with Crippen molar-refractivity contribution in [2.75, 3.05) is 5.32 Å². The zero-order valence-corrected chi connectivity index (χ0v) is 11.9. The smallest absolute Gasteiger partial charge is 0.336 e. The molecule has 0 aliphatic carbocycles. The van der Waals surface area contributed by atoms with Gasteiger partial charge in [0.1, 0.15) is 0 Å². The van der Waals surface area contributed by atoms with Crippen LogP contribution in [0, 0.1) is 13.8 Å². The first kappa shape index (κ1) is 14.7. The molecule has 0 spiro atoms. The highest BCUT2D eigenvalue weighted by molar-refractivity contribution is 5.95. The van der Waals surface area contributed by atoms with Gasteiger partial charge in [0.05, 0.1) is 12.0 Å². The van der Waals surface area contributed by atoms with Gasteiger partial charge in [0.15, 0.2) is 0 Å². The minimum Gasteiger partial charge on any atom is -0.478 e. The summed E-state index contributed by atoms with van der Waals surface area (Å²) in [4.78, 5) is 27.1. The topological polar surface area (TPSA) is 79.3 Å². The van der Waals surface area contributed by atoms with Crippen LogP contribution >= 0.6 is 0 Å². The maximum absolute atomic E-state index is 12.0. The van der Waals surface area contributed by atoms with Crippen molar-refractivity contribution in [1.29, 1.82) is 0 Å². The number of aryl methyl sites for hydroxylation is 1. The molecule has 1 amide bonds. The number of carboxylic acid groups (broad SMARTS) is 1. The molecule has 0 aliphatic rings. The zero-order chi connectivity index (χ0) is 15.4. The maximum atomic E-state index is 12.0. The largest absolute Gasteiger partial charge is 0.478 e. The number of aromatic carboxylic acids is 1. The van der Waals surface area contributed by atoms with Gasteiger partial charge in [-0.25, -0.2) is 4.79 Å². The van der Waals surface area contributed by atoms with Crippen LogP contribution in [0.3, 0.4) is 0 Å². The highest BCUT2D eigenvalue weighted by atomic mass is 16.4. The van der Waals surface area contributed by atoms with Gasteiger partial charge in [0.25, 0.3) is 0 Å². The molecule has 0 atom stereocenters. The second-order valence-corrected chi connectivity index (χ2v) is 4.86. The van der Waals surface area contributed by atoms with Crippen LogP contribution in [-0.2, 0) is 11.2 Å². The molecule has 0 fully saturated rings. The summed E-state index contributed by atoms with van der Waals surface area (Å²) >= 11 is 0. The molecule has 1 aromatic carbocycles. The molecule has 108 valence electrons. The summed E-state index contributed by atoms with van der Waals surface area (Å²) in [5.74, 6) is -1.21. The highest BCUT2D eigenvalue weighted by Gasteiger charge is 2.12. The molecule has 0 unspecified atom stereocenters. The highest BCUT2D eigenvalue weighted by Crippen LogP contribution is 2.20. The monoisotopic (exact) mass is 284 g/mol. The van der Waals surface area contributed by atoms with Gasteiger partial charge in [-0.2, -0.15) is 0 Å². The number of benzene rings is 1. The van der Waals surface area contributed by atoms with Gasteiger partial charge in [0, 0.05) is 18.1 Å². The van der Waals surface area contributed by atoms with Gasteiger partial charge in [-0.15, -0.1) is 0 Å². The predicted molar refractivity (Wildman–Crippen MR) is 79.4 cm³/mol. The Morgan fingerprint density at radius 3 is 2.67 bits per heavy atom. The van der Waals surface area contributed by atoms with Gasteiger partial charge < -0.3 is 10.4 Å². The number of rotatable bonds is 4. The van der Waals surface area contributed by atoms with Crippen LogP contribution in [0.15, 0.2) is 36.7 Å². The Hall–Kier alpha value is -2.69. The number of hydrogen-bond acceptors (Lipinski definition) is 3. The van der Waals surface area contributed by atoms with E-state index in [1.807, 2.05) is 13.0 Å². The number of nitrogens with one attached hydrogen (secondary N) is 1. The Morgan fingerprint density at radius 1 is 1.29 bits per heavy atom. The van der Waals surface area contributed by atoms with Crippen molar-refractivity contribution >= 4 is 17.6 Å². The number of carbonyl (C=O) groups is 2. The van der Waals surface area contributed by atoms with E-state index >= 15 is 0 Å². The Bertz CT molecular complexity index is 681. The lowest BCUT2D eigenvalue weighted by Gasteiger charge is -2.10. The van der Waals surface area contributed by atoms with Crippen LogP contribution in [0.2, 0.25) is 0 Å². The molecule has 1 aromatic heterocycles. The van der Waals surface area contributed by atoms with E-state index < -0.39 is 5.97 Å². The summed E-state index contributed by atoms with van der Waals surface area (Å²) in [6.45, 7) is 3.57. The lowest BCUT2D eigenvalue weighted by atomic mass is 10.0. The third kappa shape index (κ3) is 3.66. The first-order chi connectivity index (χ1) is 9.97. The summed E-state index contributed by atoms with van der Waals surface area (Å²) in [5.41, 5.74) is 3.02. The molecular formula is C16H16N2O3. The van der Waals surface area contributed by atoms with Gasteiger partial charge >= 0.3 is 5.97 Å². The Morgan fingerprint density at radius 2 is 2.05 bits per heavy atom. The van der Waals surface area contributed by atoms with Crippen LogP contribution in [0.25, 0.3) is 0 Å². The van der Waals surface area contributed by atoms with E-state index in [1.54, 1.807) is 31.5 Å². The summed E-state index contributed by atoms with van der Waals surface area (Å²) in [5, 5.41) is 11.9. The molecule has 21 heavy (non-hydrogen) atoms. The fourth-order valence-electron chi connectivity index (χ4n) is 2.05. The number of pyridine rings is 1. The van der Waals surface area contributed by atoms with E-state index in [2.05, 4.69) is 10.3 Å². The minimum atomic E-state index is -1.00. The third-order valence-corrected chi connectivity index (χ3v) is 3.27. The van der Waals surface area contributed by atoms with Crippen molar-refractivity contribution in [3.05, 3.63) is 58.9 Å². The maximum Gasteiger partial charge on any atom is 0.336 e. The van der Waals surface area contributed by atoms with E-state index in [-0.39, 0.29) is 17.9 Å². The molecule has 0 aliphatic heterocycles. The summed E-state index contributed by atoms with van der Waals surface area (Å²) in [6, 6.07) is 6.82. The molecule has 0 radical (unpaired) electrons. The van der Waals surface area contributed by atoms with Crippen molar-refractivity contribution < 1.29 is 14.7 Å². The van der Waals surface area contributed by atoms with Crippen molar-refractivity contribution in [3.8, 4) is 0 Å². The Labute approximate surface area is 122 Å². The fourth-order valence-corrected chi connectivity index (χ4v) is 2.05. The van der Waals surface area contributed by atoms with E-state index in [0.717, 1.165) is 11.1 Å². The molecule has 0 bridgehead atoms. The first-order valence-electron chi connectivity index (χ1n) is 6.50. The van der Waals surface area contributed by atoms with E-state index in [0.29, 0.717) is 11.3 Å². The first-order valence-corrected chi connectivity index (χ1v) is 6.50. The third-order valence-electron chi connectivity index (χ3n) is 3.27. The average Bonchev–Trinajstić information content (AvgIpc) is 2.43. The summed E-state index contributed by atoms with van der Waals surface area (Å²) < 4.78 is 0. The van der Waals surface area contributed by atoms with Crippen molar-refractivity contribution in [1.82, 2.24) is 4.98 Å². The van der Waals surface area contributed by atoms with E-state index in [4.69, 9.17) is 5.11 Å². The van der Waals surface area contributed by atoms with Crippen LogP contribution < -0.4 is 5.32 Å². The van der Waals surface area contributed by atoms with Crippen molar-refractivity contribution in [3.63, 3.8) is 0 Å². The molecule has 5 nitrogen and oxygen atoms in total. The molecule has 1 heterocycles. The SMILES string of the molecule is Cc1cc(NC(=O)Cc2cccnc2)cc(C(=O)O)c1C. The molecule has 2 rings (SSSR count). The number of nitrogens with zero attached hydrogens (tertiary/aromatic N) is 1. The van der Waals surface area contributed by atoms with E-state index in [9.17, 15) is 9.59 Å². The van der Waals surface area contributed by atoms with Gasteiger partial charge in [-0.1, -0.05) is 6.07 Å². The Balaban J connectivity index is 2.16. The predicted octanol–water partition coefficient (Wildman–Crippen LogP) is 2.58. The lowest BCUT2D eigenvalue weighted by molar-refractivity contribution is -0.115. The second kappa shape index (κ2) is 6.17. The fraction of sp³-hybridized carbons (Fsp3) is 0.188. The second-order valence-electron chi connectivity index (χ2n) is 4.86. The van der Waals surface area contributed by atoms with Gasteiger partial charge in [-0.05, 0) is 48.7 Å². The van der Waals surface area contributed by atoms with Crippen LogP contribution in [0.1, 0.15) is 27.0 Å². The zero-order valence-electron chi connectivity index (χ0n) is 11.9. The number of carbonyl (C=O) groups excluding carboxylic acids is 1. The number of amides is 1. The molecule has 5 heteroatoms. The Kier molecular flexibility index (Phi) is 4.33. The minimum absolute atomic E-state index is 0.198. The quantitative estimate of drug-likeness (QED) is 0.904. The van der Waals surface area contributed by atoms with Crippen molar-refractivity contribution in [2.24, 2.45) is 0 Å². The van der Waals surface area contributed by atoms with Gasteiger partial charge in [0.2, 0.25) is 5.91 Å². The number of hydrogen-bond donors (Lipinski definition) is 2. The van der Waals surface area contributed by atoms with Crippen LogP contribution in [0.4, 0.5) is 5.69 Å². The number of aromatic nitrogens is 1. The van der Waals surface area contributed by atoms with Crippen LogP contribution in [-0.4, -0.2) is 22.0 Å². The molecule has 2 N–H and O–H groups in total. The molecule has 2 aromatic rings. The average molecular weight is 284 g/mol. The number of anilines is 1. The standard InChI is InChI=1S/C16H16N2O3/c1-10-6-13(8-14(11(10)2)16(20)21)18-15(19)7-12-4-3-5-17-9-12/h3-6,8-9H,7H2,1-2H3,(H,18,19)(H,20,21). The van der Waals surface area contributed by atoms with Gasteiger partial charge in [-0.3, -0.25) is 9.78 Å². The molecule has 0 saturated heterocycles. The number of carboxylic acids is 1. The normalized spacial score (nSPS) is 10.2.